The highest BCUT2D eigenvalue weighted by Gasteiger charge is 2.12. The summed E-state index contributed by atoms with van der Waals surface area (Å²) < 4.78 is 12.7. The lowest BCUT2D eigenvalue weighted by Crippen LogP contribution is -2.17. The topological polar surface area (TPSA) is 72.8 Å². The van der Waals surface area contributed by atoms with Crippen molar-refractivity contribution in [2.45, 2.75) is 13.5 Å². The minimum atomic E-state index is -0.322. The van der Waals surface area contributed by atoms with Crippen LogP contribution in [0.2, 0.25) is 0 Å². The molecular weight excluding hydrogens is 481 g/mol. The molecule has 6 nitrogen and oxygen atoms in total. The number of carbonyl (C=O) groups excluding carboxylic acids is 1. The maximum absolute atomic E-state index is 12.0. The lowest BCUT2D eigenvalue weighted by Gasteiger charge is -2.14. The molecule has 1 aromatic heterocycles. The highest BCUT2D eigenvalue weighted by atomic mass is 127. The molecule has 7 heteroatoms. The molecule has 1 heterocycles. The van der Waals surface area contributed by atoms with Crippen LogP contribution in [0.25, 0.3) is 0 Å². The second kappa shape index (κ2) is 10.6. The molecule has 148 valence electrons. The molecule has 0 aliphatic heterocycles. The summed E-state index contributed by atoms with van der Waals surface area (Å²) in [5.74, 6) is 1.00. The summed E-state index contributed by atoms with van der Waals surface area (Å²) in [5.41, 5.74) is 4.81. The van der Waals surface area contributed by atoms with Crippen LogP contribution in [0.4, 0.5) is 0 Å². The van der Waals surface area contributed by atoms with Gasteiger partial charge < -0.3 is 9.47 Å². The van der Waals surface area contributed by atoms with Gasteiger partial charge in [-0.05, 0) is 64.9 Å². The third-order valence-corrected chi connectivity index (χ3v) is 4.66. The summed E-state index contributed by atoms with van der Waals surface area (Å²) in [6, 6.07) is 17.1. The first-order valence-electron chi connectivity index (χ1n) is 9.04. The summed E-state index contributed by atoms with van der Waals surface area (Å²) in [6.07, 6.45) is 4.67. The van der Waals surface area contributed by atoms with E-state index in [-0.39, 0.29) is 5.91 Å². The summed E-state index contributed by atoms with van der Waals surface area (Å²) in [5, 5.41) is 4.03. The van der Waals surface area contributed by atoms with Gasteiger partial charge in [-0.15, -0.1) is 0 Å². The molecule has 0 unspecified atom stereocenters. The second-order valence-corrected chi connectivity index (χ2v) is 7.14. The largest absolute Gasteiger partial charge is 0.490 e. The van der Waals surface area contributed by atoms with E-state index in [4.69, 9.17) is 9.47 Å². The number of hydrazone groups is 1. The number of halogens is 1. The maximum Gasteiger partial charge on any atom is 0.272 e. The van der Waals surface area contributed by atoms with Crippen molar-refractivity contribution in [3.63, 3.8) is 0 Å². The number of benzene rings is 2. The number of amides is 1. The van der Waals surface area contributed by atoms with Gasteiger partial charge in [0.15, 0.2) is 11.5 Å². The van der Waals surface area contributed by atoms with Crippen molar-refractivity contribution < 1.29 is 14.3 Å². The van der Waals surface area contributed by atoms with Crippen LogP contribution in [0, 0.1) is 3.57 Å². The van der Waals surface area contributed by atoms with Crippen LogP contribution < -0.4 is 14.9 Å². The fourth-order valence-electron chi connectivity index (χ4n) is 2.52. The molecule has 0 radical (unpaired) electrons. The Morgan fingerprint density at radius 1 is 1.17 bits per heavy atom. The van der Waals surface area contributed by atoms with Crippen molar-refractivity contribution in [1.29, 1.82) is 0 Å². The number of nitrogens with zero attached hydrogens (tertiary/aromatic N) is 2. The first-order valence-corrected chi connectivity index (χ1v) is 10.1. The molecule has 0 aliphatic carbocycles. The molecule has 3 aromatic rings. The molecule has 0 saturated carbocycles. The Balaban J connectivity index is 1.72. The monoisotopic (exact) mass is 501 g/mol. The minimum absolute atomic E-state index is 0.322. The molecule has 0 atom stereocenters. The van der Waals surface area contributed by atoms with Crippen molar-refractivity contribution in [1.82, 2.24) is 10.4 Å². The molecule has 2 aromatic carbocycles. The van der Waals surface area contributed by atoms with E-state index in [2.05, 4.69) is 38.1 Å². The first kappa shape index (κ1) is 20.8. The van der Waals surface area contributed by atoms with Crippen LogP contribution in [-0.2, 0) is 6.61 Å². The van der Waals surface area contributed by atoms with E-state index < -0.39 is 0 Å². The van der Waals surface area contributed by atoms with Crippen LogP contribution >= 0.6 is 22.6 Å². The van der Waals surface area contributed by atoms with Gasteiger partial charge in [-0.2, -0.15) is 5.10 Å². The number of hydrogen-bond acceptors (Lipinski definition) is 5. The maximum atomic E-state index is 12.0. The lowest BCUT2D eigenvalue weighted by molar-refractivity contribution is 0.0955. The summed E-state index contributed by atoms with van der Waals surface area (Å²) >= 11 is 2.21. The van der Waals surface area contributed by atoms with E-state index in [9.17, 15) is 4.79 Å². The van der Waals surface area contributed by atoms with Gasteiger partial charge in [0.1, 0.15) is 6.61 Å². The Bertz CT molecular complexity index is 979. The molecule has 1 N–H and O–H groups in total. The van der Waals surface area contributed by atoms with E-state index in [1.54, 1.807) is 24.5 Å². The summed E-state index contributed by atoms with van der Waals surface area (Å²) in [7, 11) is 0. The highest BCUT2D eigenvalue weighted by molar-refractivity contribution is 14.1. The lowest BCUT2D eigenvalue weighted by atomic mass is 10.2. The van der Waals surface area contributed by atoms with Crippen molar-refractivity contribution in [2.75, 3.05) is 6.61 Å². The number of carbonyl (C=O) groups is 1. The third kappa shape index (κ3) is 6.02. The van der Waals surface area contributed by atoms with Gasteiger partial charge in [0.05, 0.1) is 22.0 Å². The molecule has 0 saturated heterocycles. The molecule has 0 bridgehead atoms. The molecule has 0 aliphatic rings. The Morgan fingerprint density at radius 3 is 2.72 bits per heavy atom. The van der Waals surface area contributed by atoms with E-state index in [1.165, 1.54) is 6.20 Å². The minimum Gasteiger partial charge on any atom is -0.490 e. The van der Waals surface area contributed by atoms with Gasteiger partial charge in [0, 0.05) is 12.4 Å². The number of ether oxygens (including phenoxy) is 2. The highest BCUT2D eigenvalue weighted by Crippen LogP contribution is 2.34. The number of nitrogens with one attached hydrogen (secondary N) is 1. The van der Waals surface area contributed by atoms with E-state index in [0.717, 1.165) is 14.7 Å². The number of pyridine rings is 1. The number of hydrogen-bond donors (Lipinski definition) is 1. The Kier molecular flexibility index (Phi) is 7.57. The summed E-state index contributed by atoms with van der Waals surface area (Å²) in [4.78, 5) is 16.0. The van der Waals surface area contributed by atoms with Crippen LogP contribution in [0.15, 0.2) is 72.1 Å². The van der Waals surface area contributed by atoms with E-state index in [0.29, 0.717) is 30.3 Å². The van der Waals surface area contributed by atoms with Crippen LogP contribution in [0.1, 0.15) is 28.4 Å². The Hall–Kier alpha value is -2.94. The van der Waals surface area contributed by atoms with Gasteiger partial charge >= 0.3 is 0 Å². The van der Waals surface area contributed by atoms with Gasteiger partial charge in [-0.25, -0.2) is 5.43 Å². The average Bonchev–Trinajstić information content (AvgIpc) is 2.74. The predicted octanol–water partition coefficient (Wildman–Crippen LogP) is 4.43. The van der Waals surface area contributed by atoms with E-state index >= 15 is 0 Å². The van der Waals surface area contributed by atoms with Gasteiger partial charge in [-0.1, -0.05) is 30.3 Å². The standard InChI is InChI=1S/C22H20IN3O3/c1-2-28-20-12-17(13-25-26-22(27)18-9-6-10-24-14-18)11-19(23)21(20)29-15-16-7-4-3-5-8-16/h3-14H,2,15H2,1H3,(H,26,27)/b25-13+. The average molecular weight is 501 g/mol. The summed E-state index contributed by atoms with van der Waals surface area (Å²) in [6.45, 7) is 2.88. The molecular formula is C22H20IN3O3. The predicted molar refractivity (Wildman–Crippen MR) is 120 cm³/mol. The fourth-order valence-corrected chi connectivity index (χ4v) is 3.30. The normalized spacial score (nSPS) is 10.7. The quantitative estimate of drug-likeness (QED) is 0.282. The smallest absolute Gasteiger partial charge is 0.272 e. The van der Waals surface area contributed by atoms with Crippen molar-refractivity contribution in [3.05, 3.63) is 87.3 Å². The molecule has 0 spiro atoms. The molecule has 3 rings (SSSR count). The molecule has 1 amide bonds. The van der Waals surface area contributed by atoms with Crippen molar-refractivity contribution in [3.8, 4) is 11.5 Å². The number of rotatable bonds is 8. The van der Waals surface area contributed by atoms with Crippen molar-refractivity contribution in [2.24, 2.45) is 5.10 Å². The molecule has 0 fully saturated rings. The Labute approximate surface area is 183 Å². The molecule has 29 heavy (non-hydrogen) atoms. The first-order chi connectivity index (χ1) is 14.2. The zero-order valence-electron chi connectivity index (χ0n) is 15.8. The van der Waals surface area contributed by atoms with Crippen molar-refractivity contribution >= 4 is 34.7 Å². The Morgan fingerprint density at radius 2 is 2.00 bits per heavy atom. The third-order valence-electron chi connectivity index (χ3n) is 3.86. The SMILES string of the molecule is CCOc1cc(/C=N/NC(=O)c2cccnc2)cc(I)c1OCc1ccccc1. The second-order valence-electron chi connectivity index (χ2n) is 5.98. The van der Waals surface area contributed by atoms with Crippen LogP contribution in [-0.4, -0.2) is 23.7 Å². The van der Waals surface area contributed by atoms with E-state index in [1.807, 2.05) is 49.4 Å². The number of aromatic nitrogens is 1. The fraction of sp³-hybridized carbons (Fsp3) is 0.136. The van der Waals surface area contributed by atoms with Crippen LogP contribution in [0.3, 0.4) is 0 Å². The van der Waals surface area contributed by atoms with Gasteiger partial charge in [-0.3, -0.25) is 9.78 Å². The van der Waals surface area contributed by atoms with Gasteiger partial charge in [0.2, 0.25) is 0 Å². The zero-order valence-corrected chi connectivity index (χ0v) is 18.0. The van der Waals surface area contributed by atoms with Gasteiger partial charge in [0.25, 0.3) is 5.91 Å². The zero-order chi connectivity index (χ0) is 20.5. The van der Waals surface area contributed by atoms with Crippen LogP contribution in [0.5, 0.6) is 11.5 Å².